The van der Waals surface area contributed by atoms with Gasteiger partial charge in [-0.25, -0.2) is 9.97 Å². The molecule has 0 saturated heterocycles. The van der Waals surface area contributed by atoms with Gasteiger partial charge in [-0.2, -0.15) is 23.3 Å². The molecule has 154 valence electrons. The first-order valence-corrected chi connectivity index (χ1v) is 9.39. The first-order valence-electron chi connectivity index (χ1n) is 8.40. The summed E-state index contributed by atoms with van der Waals surface area (Å²) in [5.74, 6) is -0.729. The monoisotopic (exact) mass is 426 g/mol. The predicted molar refractivity (Wildman–Crippen MR) is 100 cm³/mol. The highest BCUT2D eigenvalue weighted by atomic mass is 32.2. The van der Waals surface area contributed by atoms with Crippen LogP contribution in [0.15, 0.2) is 46.8 Å². The van der Waals surface area contributed by atoms with Gasteiger partial charge in [0.05, 0.1) is 18.6 Å². The van der Waals surface area contributed by atoms with Crippen LogP contribution in [-0.2, 0) is 4.79 Å². The molecular formula is C18H17F3N4O3S. The third-order valence-electron chi connectivity index (χ3n) is 4.16. The van der Waals surface area contributed by atoms with Gasteiger partial charge in [-0.15, -0.1) is 0 Å². The van der Waals surface area contributed by atoms with Crippen LogP contribution >= 0.6 is 11.8 Å². The molecular weight excluding hydrogens is 409 g/mol. The number of carbonyl (C=O) groups is 1. The minimum absolute atomic E-state index is 0.0147. The van der Waals surface area contributed by atoms with Gasteiger partial charge in [0.15, 0.2) is 5.16 Å². The normalized spacial score (nSPS) is 19.2. The lowest BCUT2D eigenvalue weighted by Gasteiger charge is -2.32. The van der Waals surface area contributed by atoms with Gasteiger partial charge >= 0.3 is 6.18 Å². The van der Waals surface area contributed by atoms with E-state index < -0.39 is 30.0 Å². The Morgan fingerprint density at radius 2 is 2.00 bits per heavy atom. The van der Waals surface area contributed by atoms with E-state index in [1.54, 1.807) is 37.4 Å². The Hall–Kier alpha value is -2.66. The molecule has 7 nitrogen and oxygen atoms in total. The summed E-state index contributed by atoms with van der Waals surface area (Å²) in [6.07, 6.45) is -4.32. The minimum atomic E-state index is -5.03. The summed E-state index contributed by atoms with van der Waals surface area (Å²) in [7, 11) is 1.55. The average molecular weight is 426 g/mol. The van der Waals surface area contributed by atoms with Gasteiger partial charge in [0.25, 0.3) is 11.6 Å². The molecule has 0 unspecified atom stereocenters. The number of aliphatic hydroxyl groups is 1. The van der Waals surface area contributed by atoms with E-state index in [9.17, 15) is 23.1 Å². The van der Waals surface area contributed by atoms with Crippen LogP contribution in [0.5, 0.6) is 5.75 Å². The Morgan fingerprint density at radius 1 is 1.31 bits per heavy atom. The van der Waals surface area contributed by atoms with Gasteiger partial charge in [-0.05, 0) is 37.3 Å². The van der Waals surface area contributed by atoms with Crippen molar-refractivity contribution in [2.24, 2.45) is 5.10 Å². The second kappa shape index (κ2) is 7.99. The molecule has 0 bridgehead atoms. The molecule has 29 heavy (non-hydrogen) atoms. The van der Waals surface area contributed by atoms with E-state index in [0.717, 1.165) is 17.3 Å². The van der Waals surface area contributed by atoms with Crippen LogP contribution in [0.4, 0.5) is 13.2 Å². The first kappa shape index (κ1) is 21.1. The molecule has 1 aromatic carbocycles. The van der Waals surface area contributed by atoms with E-state index in [0.29, 0.717) is 11.4 Å². The fourth-order valence-corrected chi connectivity index (χ4v) is 3.40. The Bertz CT molecular complexity index is 937. The number of aromatic nitrogens is 2. The molecule has 1 amide bonds. The maximum absolute atomic E-state index is 13.2. The summed E-state index contributed by atoms with van der Waals surface area (Å²) >= 11 is 0.859. The molecule has 11 heteroatoms. The molecule has 0 fully saturated rings. The fourth-order valence-electron chi connectivity index (χ4n) is 2.72. The largest absolute Gasteiger partial charge is 0.497 e. The number of amides is 1. The van der Waals surface area contributed by atoms with Crippen molar-refractivity contribution in [3.63, 3.8) is 0 Å². The number of alkyl halides is 3. The molecule has 0 aliphatic carbocycles. The maximum atomic E-state index is 13.2. The first-order chi connectivity index (χ1) is 13.6. The highest BCUT2D eigenvalue weighted by molar-refractivity contribution is 7.99. The lowest BCUT2D eigenvalue weighted by molar-refractivity contribution is -0.301. The summed E-state index contributed by atoms with van der Waals surface area (Å²) in [6.45, 7) is 1.32. The molecule has 1 atom stereocenters. The minimum Gasteiger partial charge on any atom is -0.497 e. The van der Waals surface area contributed by atoms with Gasteiger partial charge in [0.2, 0.25) is 0 Å². The zero-order chi connectivity index (χ0) is 21.2. The molecule has 1 aliphatic heterocycles. The summed E-state index contributed by atoms with van der Waals surface area (Å²) in [4.78, 5) is 20.7. The molecule has 1 N–H and O–H groups in total. The van der Waals surface area contributed by atoms with Crippen molar-refractivity contribution in [1.29, 1.82) is 0 Å². The Morgan fingerprint density at radius 3 is 2.62 bits per heavy atom. The molecule has 2 heterocycles. The van der Waals surface area contributed by atoms with Crippen LogP contribution in [0.3, 0.4) is 0 Å². The van der Waals surface area contributed by atoms with Crippen LogP contribution in [0.1, 0.15) is 13.3 Å². The average Bonchev–Trinajstić information content (AvgIpc) is 3.02. The predicted octanol–water partition coefficient (Wildman–Crippen LogP) is 3.10. The summed E-state index contributed by atoms with van der Waals surface area (Å²) in [5.41, 5.74) is -1.95. The number of rotatable bonds is 5. The number of hydrogen-bond donors (Lipinski definition) is 1. The molecule has 1 aliphatic rings. The molecule has 3 rings (SSSR count). The van der Waals surface area contributed by atoms with Crippen molar-refractivity contribution in [1.82, 2.24) is 15.0 Å². The highest BCUT2D eigenvalue weighted by Gasteiger charge is 2.62. The van der Waals surface area contributed by atoms with Gasteiger partial charge in [-0.1, -0.05) is 11.8 Å². The van der Waals surface area contributed by atoms with Crippen molar-refractivity contribution >= 4 is 23.4 Å². The molecule has 1 aromatic heterocycles. The van der Waals surface area contributed by atoms with Gasteiger partial charge < -0.3 is 9.84 Å². The standard InChI is InChI=1S/C18H17F3N4O3S/c1-11-9-17(27,18(19,20)21)25(24-11)15(26)10-29-16-22-8-7-14(23-16)12-3-5-13(28-2)6-4-12/h3-8,27H,9-10H2,1-2H3/t17-/m0/s1. The quantitative estimate of drug-likeness (QED) is 0.584. The van der Waals surface area contributed by atoms with E-state index in [1.165, 1.54) is 13.1 Å². The topological polar surface area (TPSA) is 87.9 Å². The van der Waals surface area contributed by atoms with E-state index in [4.69, 9.17) is 4.74 Å². The van der Waals surface area contributed by atoms with Crippen molar-refractivity contribution in [2.45, 2.75) is 30.4 Å². The SMILES string of the molecule is COc1ccc(-c2ccnc(SCC(=O)N3N=C(C)C[C@]3(O)C(F)(F)F)n2)cc1. The summed E-state index contributed by atoms with van der Waals surface area (Å²) < 4.78 is 44.8. The second-order valence-corrected chi connectivity index (χ2v) is 7.22. The summed E-state index contributed by atoms with van der Waals surface area (Å²) in [5, 5.41) is 13.9. The molecule has 0 spiro atoms. The molecule has 0 saturated carbocycles. The maximum Gasteiger partial charge on any atom is 0.438 e. The molecule has 2 aromatic rings. The summed E-state index contributed by atoms with van der Waals surface area (Å²) in [6, 6.07) is 8.79. The number of thioether (sulfide) groups is 1. The van der Waals surface area contributed by atoms with Crippen molar-refractivity contribution < 1.29 is 27.8 Å². The van der Waals surface area contributed by atoms with Crippen LogP contribution in [0, 0.1) is 0 Å². The van der Waals surface area contributed by atoms with Crippen molar-refractivity contribution in [2.75, 3.05) is 12.9 Å². The van der Waals surface area contributed by atoms with Crippen LogP contribution in [0.25, 0.3) is 11.3 Å². The van der Waals surface area contributed by atoms with Crippen LogP contribution in [0.2, 0.25) is 0 Å². The number of nitrogens with zero attached hydrogens (tertiary/aromatic N) is 4. The number of halogens is 3. The number of ether oxygens (including phenoxy) is 1. The van der Waals surface area contributed by atoms with E-state index in [1.807, 2.05) is 0 Å². The number of hydrogen-bond acceptors (Lipinski definition) is 7. The third kappa shape index (κ3) is 4.35. The van der Waals surface area contributed by atoms with Crippen molar-refractivity contribution in [3.05, 3.63) is 36.5 Å². The Kier molecular flexibility index (Phi) is 5.80. The van der Waals surface area contributed by atoms with E-state index in [-0.39, 0.29) is 15.9 Å². The lowest BCUT2D eigenvalue weighted by Crippen LogP contribution is -2.57. The van der Waals surface area contributed by atoms with E-state index >= 15 is 0 Å². The highest BCUT2D eigenvalue weighted by Crippen LogP contribution is 2.40. The number of methoxy groups -OCH3 is 1. The number of carbonyl (C=O) groups excluding carboxylic acids is 1. The van der Waals surface area contributed by atoms with Gasteiger partial charge in [0.1, 0.15) is 5.75 Å². The van der Waals surface area contributed by atoms with Crippen molar-refractivity contribution in [3.8, 4) is 17.0 Å². The lowest BCUT2D eigenvalue weighted by atomic mass is 10.1. The fraction of sp³-hybridized carbons (Fsp3) is 0.333. The van der Waals surface area contributed by atoms with Gasteiger partial charge in [0, 0.05) is 23.9 Å². The van der Waals surface area contributed by atoms with Gasteiger partial charge in [-0.3, -0.25) is 4.79 Å². The molecule has 0 radical (unpaired) electrons. The zero-order valence-electron chi connectivity index (χ0n) is 15.5. The second-order valence-electron chi connectivity index (χ2n) is 6.27. The number of hydrazone groups is 1. The Balaban J connectivity index is 1.72. The smallest absolute Gasteiger partial charge is 0.438 e. The Labute approximate surface area is 168 Å². The van der Waals surface area contributed by atoms with Crippen LogP contribution in [-0.4, -0.2) is 56.5 Å². The van der Waals surface area contributed by atoms with E-state index in [2.05, 4.69) is 15.1 Å². The number of benzene rings is 1. The zero-order valence-corrected chi connectivity index (χ0v) is 16.3. The third-order valence-corrected chi connectivity index (χ3v) is 5.00. The van der Waals surface area contributed by atoms with Crippen LogP contribution < -0.4 is 4.74 Å².